The Morgan fingerprint density at radius 1 is 1.28 bits per heavy atom. The maximum Gasteiger partial charge on any atom is 0.271 e. The number of amides is 1. The third-order valence-electron chi connectivity index (χ3n) is 4.97. The summed E-state index contributed by atoms with van der Waals surface area (Å²) in [7, 11) is 0. The number of benzene rings is 2. The summed E-state index contributed by atoms with van der Waals surface area (Å²) < 4.78 is 7.36. The largest absolute Gasteiger partial charge is 0.486 e. The van der Waals surface area contributed by atoms with E-state index in [-0.39, 0.29) is 28.0 Å². The number of hydrogen-bond acceptors (Lipinski definition) is 8. The van der Waals surface area contributed by atoms with E-state index in [0.717, 1.165) is 22.6 Å². The molecule has 2 aromatic heterocycles. The molecule has 0 bridgehead atoms. The van der Waals surface area contributed by atoms with Gasteiger partial charge in [0.1, 0.15) is 24.0 Å². The number of ether oxygens (including phenoxy) is 1. The minimum atomic E-state index is -0.664. The Labute approximate surface area is 214 Å². The van der Waals surface area contributed by atoms with Gasteiger partial charge in [0.15, 0.2) is 5.01 Å². The van der Waals surface area contributed by atoms with Gasteiger partial charge in [0.05, 0.1) is 15.6 Å². The summed E-state index contributed by atoms with van der Waals surface area (Å²) in [4.78, 5) is 23.2. The molecule has 0 aliphatic rings. The van der Waals surface area contributed by atoms with E-state index in [4.69, 9.17) is 16.3 Å². The van der Waals surface area contributed by atoms with Gasteiger partial charge in [-0.05, 0) is 42.8 Å². The molecule has 0 fully saturated rings. The number of nitriles is 1. The quantitative estimate of drug-likeness (QED) is 0.143. The molecule has 0 saturated heterocycles. The zero-order chi connectivity index (χ0) is 25.7. The molecular weight excluding hydrogens is 504 g/mol. The number of carbonyl (C=O) groups excluding carboxylic acids is 1. The predicted molar refractivity (Wildman–Crippen MR) is 135 cm³/mol. The molecule has 0 radical (unpaired) electrons. The van der Waals surface area contributed by atoms with Crippen LogP contribution < -0.4 is 10.1 Å². The van der Waals surface area contributed by atoms with E-state index in [2.05, 4.69) is 15.5 Å². The molecular formula is C24H17ClN6O4S. The van der Waals surface area contributed by atoms with E-state index in [1.165, 1.54) is 24.3 Å². The molecule has 4 rings (SSSR count). The van der Waals surface area contributed by atoms with Gasteiger partial charge in [-0.1, -0.05) is 41.1 Å². The second kappa shape index (κ2) is 10.8. The summed E-state index contributed by atoms with van der Waals surface area (Å²) in [6.07, 6.45) is 3.05. The van der Waals surface area contributed by atoms with Gasteiger partial charge in [-0.25, -0.2) is 0 Å². The number of aryl methyl sites for hydroxylation is 1. The maximum absolute atomic E-state index is 12.7. The van der Waals surface area contributed by atoms with E-state index in [9.17, 15) is 20.2 Å². The van der Waals surface area contributed by atoms with Crippen LogP contribution in [0.3, 0.4) is 0 Å². The number of anilines is 1. The van der Waals surface area contributed by atoms with Crippen molar-refractivity contribution < 1.29 is 14.5 Å². The van der Waals surface area contributed by atoms with Gasteiger partial charge >= 0.3 is 0 Å². The van der Waals surface area contributed by atoms with Crippen LogP contribution in [-0.2, 0) is 11.4 Å². The van der Waals surface area contributed by atoms with E-state index >= 15 is 0 Å². The molecule has 2 aromatic carbocycles. The van der Waals surface area contributed by atoms with Crippen LogP contribution in [0.5, 0.6) is 5.75 Å². The number of rotatable bonds is 8. The fraction of sp³-hybridized carbons (Fsp3) is 0.0833. The average molecular weight is 521 g/mol. The average Bonchev–Trinajstić information content (AvgIpc) is 3.51. The minimum absolute atomic E-state index is 0.146. The number of hydrogen-bond donors (Lipinski definition) is 1. The molecule has 2 heterocycles. The molecule has 12 heteroatoms. The first kappa shape index (κ1) is 24.6. The number of non-ortho nitro benzene ring substituents is 1. The lowest BCUT2D eigenvalue weighted by Crippen LogP contribution is -2.13. The van der Waals surface area contributed by atoms with Crippen molar-refractivity contribution in [2.75, 3.05) is 5.32 Å². The lowest BCUT2D eigenvalue weighted by molar-refractivity contribution is -0.384. The number of nitro benzene ring substituents is 1. The van der Waals surface area contributed by atoms with Crippen LogP contribution in [0.4, 0.5) is 10.8 Å². The molecule has 0 aliphatic heterocycles. The van der Waals surface area contributed by atoms with Crippen LogP contribution in [0.15, 0.2) is 66.4 Å². The third kappa shape index (κ3) is 5.57. The first-order valence-corrected chi connectivity index (χ1v) is 11.6. The van der Waals surface area contributed by atoms with Gasteiger partial charge in [-0.2, -0.15) is 5.26 Å². The van der Waals surface area contributed by atoms with Crippen molar-refractivity contribution in [3.8, 4) is 17.5 Å². The minimum Gasteiger partial charge on any atom is -0.486 e. The van der Waals surface area contributed by atoms with Crippen molar-refractivity contribution in [3.63, 3.8) is 0 Å². The Morgan fingerprint density at radius 2 is 2.08 bits per heavy atom. The lowest BCUT2D eigenvalue weighted by atomic mass is 10.2. The number of aromatic nitrogens is 3. The maximum atomic E-state index is 12.7. The predicted octanol–water partition coefficient (Wildman–Crippen LogP) is 5.32. The number of nitro groups is 1. The highest BCUT2D eigenvalue weighted by molar-refractivity contribution is 7.15. The van der Waals surface area contributed by atoms with Crippen molar-refractivity contribution in [1.29, 1.82) is 5.26 Å². The Balaban J connectivity index is 1.48. The van der Waals surface area contributed by atoms with E-state index < -0.39 is 10.8 Å². The Kier molecular flexibility index (Phi) is 7.39. The van der Waals surface area contributed by atoms with Gasteiger partial charge in [0.2, 0.25) is 5.13 Å². The van der Waals surface area contributed by atoms with Crippen LogP contribution in [0, 0.1) is 28.4 Å². The fourth-order valence-electron chi connectivity index (χ4n) is 3.22. The van der Waals surface area contributed by atoms with Gasteiger partial charge in [-0.15, -0.1) is 10.2 Å². The Morgan fingerprint density at radius 3 is 2.81 bits per heavy atom. The Hall–Kier alpha value is -4.53. The smallest absolute Gasteiger partial charge is 0.271 e. The van der Waals surface area contributed by atoms with Crippen LogP contribution in [0.25, 0.3) is 11.8 Å². The molecule has 180 valence electrons. The van der Waals surface area contributed by atoms with Gasteiger partial charge in [-0.3, -0.25) is 20.2 Å². The molecule has 0 saturated carbocycles. The summed E-state index contributed by atoms with van der Waals surface area (Å²) >= 11 is 7.37. The van der Waals surface area contributed by atoms with Crippen LogP contribution in [0.1, 0.15) is 16.3 Å². The second-order valence-corrected chi connectivity index (χ2v) is 8.84. The Bertz CT molecular complexity index is 1520. The van der Waals surface area contributed by atoms with Crippen molar-refractivity contribution >= 4 is 45.7 Å². The standard InChI is InChI=1S/C24H17ClN6O4S/c1-15-5-2-3-7-21(15)35-14-22-28-29-24(36-22)27-23(32)16(13-26)11-17-6-4-10-30(17)20-9-8-18(31(33)34)12-19(20)25/h2-12H,14H2,1H3,(H,27,29,32)/b16-11-. The van der Waals surface area contributed by atoms with Gasteiger partial charge in [0.25, 0.3) is 11.6 Å². The highest BCUT2D eigenvalue weighted by Gasteiger charge is 2.16. The molecule has 0 aliphatic carbocycles. The number of carbonyl (C=O) groups is 1. The van der Waals surface area contributed by atoms with Crippen molar-refractivity contribution in [2.24, 2.45) is 0 Å². The molecule has 1 amide bonds. The fourth-order valence-corrected chi connectivity index (χ4v) is 4.13. The molecule has 0 spiro atoms. The highest BCUT2D eigenvalue weighted by atomic mass is 35.5. The van der Waals surface area contributed by atoms with Gasteiger partial charge in [0, 0.05) is 24.0 Å². The molecule has 0 unspecified atom stereocenters. The topological polar surface area (TPSA) is 136 Å². The lowest BCUT2D eigenvalue weighted by Gasteiger charge is -2.09. The van der Waals surface area contributed by atoms with Crippen LogP contribution >= 0.6 is 22.9 Å². The van der Waals surface area contributed by atoms with E-state index in [1.807, 2.05) is 37.3 Å². The first-order chi connectivity index (χ1) is 17.4. The van der Waals surface area contributed by atoms with Crippen molar-refractivity contribution in [3.05, 3.63) is 97.8 Å². The summed E-state index contributed by atoms with van der Waals surface area (Å²) in [6, 6.07) is 16.9. The molecule has 10 nitrogen and oxygen atoms in total. The second-order valence-electron chi connectivity index (χ2n) is 7.37. The van der Waals surface area contributed by atoms with Crippen molar-refractivity contribution in [2.45, 2.75) is 13.5 Å². The van der Waals surface area contributed by atoms with Crippen LogP contribution in [-0.4, -0.2) is 25.6 Å². The highest BCUT2D eigenvalue weighted by Crippen LogP contribution is 2.28. The summed E-state index contributed by atoms with van der Waals surface area (Å²) in [5, 5.41) is 32.0. The van der Waals surface area contributed by atoms with Crippen LogP contribution in [0.2, 0.25) is 5.02 Å². The third-order valence-corrected chi connectivity index (χ3v) is 6.09. The summed E-state index contributed by atoms with van der Waals surface area (Å²) in [5.41, 5.74) is 1.59. The SMILES string of the molecule is Cc1ccccc1OCc1nnc(NC(=O)/C(C#N)=C\c2cccn2-c2ccc([N+](=O)[O-])cc2Cl)s1. The first-order valence-electron chi connectivity index (χ1n) is 10.4. The number of nitrogens with zero attached hydrogens (tertiary/aromatic N) is 5. The molecule has 4 aromatic rings. The molecule has 1 N–H and O–H groups in total. The van der Waals surface area contributed by atoms with Crippen molar-refractivity contribution in [1.82, 2.24) is 14.8 Å². The molecule has 0 atom stereocenters. The summed E-state index contributed by atoms with van der Waals surface area (Å²) in [5.74, 6) is 0.0617. The zero-order valence-corrected chi connectivity index (χ0v) is 20.3. The monoisotopic (exact) mass is 520 g/mol. The number of halogens is 1. The number of nitrogens with one attached hydrogen (secondary N) is 1. The van der Waals surface area contributed by atoms with E-state index in [1.54, 1.807) is 22.9 Å². The van der Waals surface area contributed by atoms with Gasteiger partial charge < -0.3 is 9.30 Å². The number of para-hydroxylation sites is 1. The zero-order valence-electron chi connectivity index (χ0n) is 18.7. The van der Waals surface area contributed by atoms with E-state index in [0.29, 0.717) is 16.4 Å². The molecule has 36 heavy (non-hydrogen) atoms. The summed E-state index contributed by atoms with van der Waals surface area (Å²) in [6.45, 7) is 2.12. The normalized spacial score (nSPS) is 11.1.